The van der Waals surface area contributed by atoms with E-state index in [1.807, 2.05) is 18.2 Å². The molecule has 2 amide bonds. The Morgan fingerprint density at radius 1 is 1.46 bits per heavy atom. The van der Waals surface area contributed by atoms with Crippen molar-refractivity contribution in [3.63, 3.8) is 0 Å². The summed E-state index contributed by atoms with van der Waals surface area (Å²) in [7, 11) is 0. The fourth-order valence-electron chi connectivity index (χ4n) is 3.05. The number of fused-ring (bicyclic) bond motifs is 1. The van der Waals surface area contributed by atoms with E-state index in [1.165, 1.54) is 0 Å². The molecule has 3 heterocycles. The summed E-state index contributed by atoms with van der Waals surface area (Å²) in [6, 6.07) is 5.61. The van der Waals surface area contributed by atoms with Crippen LogP contribution in [-0.4, -0.2) is 59.1 Å². The standard InChI is InChI=1S/C15H19N3O3.CH2O2/c1-10(19)18-7-12-13(9-21-14(12)8-18)15(20)17-6-11-4-2-3-5-16-11;2-1-3/h2-5,12-14H,6-9H2,1H3,(H,17,20);1H,(H,2,3)/t12-,13+,14-;/m1./s1. The van der Waals surface area contributed by atoms with E-state index >= 15 is 0 Å². The summed E-state index contributed by atoms with van der Waals surface area (Å²) in [5.74, 6) is -0.0418. The topological polar surface area (TPSA) is 109 Å². The maximum atomic E-state index is 12.3. The second-order valence-corrected chi connectivity index (χ2v) is 5.71. The molecule has 2 N–H and O–H groups in total. The molecule has 3 atom stereocenters. The van der Waals surface area contributed by atoms with E-state index < -0.39 is 0 Å². The minimum atomic E-state index is -0.250. The number of carbonyl (C=O) groups excluding carboxylic acids is 2. The Labute approximate surface area is 139 Å². The maximum Gasteiger partial charge on any atom is 0.290 e. The highest BCUT2D eigenvalue weighted by Gasteiger charge is 2.47. The Morgan fingerprint density at radius 2 is 2.21 bits per heavy atom. The summed E-state index contributed by atoms with van der Waals surface area (Å²) >= 11 is 0. The Balaban J connectivity index is 0.000000647. The molecule has 24 heavy (non-hydrogen) atoms. The van der Waals surface area contributed by atoms with Gasteiger partial charge in [-0.2, -0.15) is 0 Å². The first-order chi connectivity index (χ1) is 11.6. The highest BCUT2D eigenvalue weighted by Crippen LogP contribution is 2.33. The van der Waals surface area contributed by atoms with E-state index in [0.29, 0.717) is 26.2 Å². The minimum absolute atomic E-state index is 0.000463. The molecule has 8 heteroatoms. The van der Waals surface area contributed by atoms with Crippen LogP contribution in [-0.2, 0) is 25.7 Å². The van der Waals surface area contributed by atoms with Crippen LogP contribution in [0.3, 0.4) is 0 Å². The van der Waals surface area contributed by atoms with Crippen LogP contribution < -0.4 is 5.32 Å². The molecule has 0 spiro atoms. The molecule has 3 rings (SSSR count). The lowest BCUT2D eigenvalue weighted by atomic mass is 9.92. The van der Waals surface area contributed by atoms with Crippen LogP contribution in [0.5, 0.6) is 0 Å². The summed E-state index contributed by atoms with van der Waals surface area (Å²) < 4.78 is 5.67. The molecular formula is C16H21N3O5. The normalized spacial score (nSPS) is 24.5. The molecule has 130 valence electrons. The first-order valence-electron chi connectivity index (χ1n) is 7.69. The number of amides is 2. The number of hydrogen-bond donors (Lipinski definition) is 2. The molecule has 1 aromatic rings. The lowest BCUT2D eigenvalue weighted by Gasteiger charge is -2.18. The maximum absolute atomic E-state index is 12.3. The number of rotatable bonds is 3. The molecule has 1 aromatic heterocycles. The fraction of sp³-hybridized carbons (Fsp3) is 0.500. The lowest BCUT2D eigenvalue weighted by molar-refractivity contribution is -0.130. The third kappa shape index (κ3) is 4.29. The highest BCUT2D eigenvalue weighted by atomic mass is 16.5. The van der Waals surface area contributed by atoms with Gasteiger partial charge >= 0.3 is 0 Å². The van der Waals surface area contributed by atoms with E-state index in [4.69, 9.17) is 14.6 Å². The highest BCUT2D eigenvalue weighted by molar-refractivity contribution is 5.80. The van der Waals surface area contributed by atoms with Crippen molar-refractivity contribution in [2.24, 2.45) is 11.8 Å². The molecule has 0 aromatic carbocycles. The second-order valence-electron chi connectivity index (χ2n) is 5.71. The molecule has 2 saturated heterocycles. The number of pyridine rings is 1. The van der Waals surface area contributed by atoms with E-state index in [1.54, 1.807) is 18.0 Å². The van der Waals surface area contributed by atoms with E-state index in [-0.39, 0.29) is 36.2 Å². The Morgan fingerprint density at radius 3 is 2.83 bits per heavy atom. The minimum Gasteiger partial charge on any atom is -0.483 e. The van der Waals surface area contributed by atoms with Crippen molar-refractivity contribution in [2.45, 2.75) is 19.6 Å². The molecular weight excluding hydrogens is 314 g/mol. The summed E-state index contributed by atoms with van der Waals surface area (Å²) in [6.07, 6.45) is 1.71. The average Bonchev–Trinajstić information content (AvgIpc) is 3.15. The van der Waals surface area contributed by atoms with Gasteiger partial charge in [0, 0.05) is 32.1 Å². The van der Waals surface area contributed by atoms with Gasteiger partial charge in [-0.05, 0) is 12.1 Å². The summed E-state index contributed by atoms with van der Waals surface area (Å²) in [6.45, 7) is 3.38. The van der Waals surface area contributed by atoms with Gasteiger partial charge in [0.15, 0.2) is 0 Å². The van der Waals surface area contributed by atoms with Crippen LogP contribution in [0.2, 0.25) is 0 Å². The van der Waals surface area contributed by atoms with Crippen LogP contribution in [0.1, 0.15) is 12.6 Å². The number of nitrogens with zero attached hydrogens (tertiary/aromatic N) is 2. The van der Waals surface area contributed by atoms with Gasteiger partial charge in [-0.1, -0.05) is 6.07 Å². The molecule has 0 unspecified atom stereocenters. The van der Waals surface area contributed by atoms with E-state index in [0.717, 1.165) is 5.69 Å². The van der Waals surface area contributed by atoms with Gasteiger partial charge in [-0.3, -0.25) is 19.4 Å². The number of carboxylic acid groups (broad SMARTS) is 1. The summed E-state index contributed by atoms with van der Waals surface area (Å²) in [5.41, 5.74) is 0.832. The molecule has 2 aliphatic heterocycles. The Kier molecular flexibility index (Phi) is 6.25. The van der Waals surface area contributed by atoms with E-state index in [9.17, 15) is 9.59 Å². The molecule has 0 bridgehead atoms. The third-order valence-corrected chi connectivity index (χ3v) is 4.27. The van der Waals surface area contributed by atoms with Gasteiger partial charge in [0.2, 0.25) is 11.8 Å². The number of ether oxygens (including phenoxy) is 1. The quantitative estimate of drug-likeness (QED) is 0.746. The van der Waals surface area contributed by atoms with E-state index in [2.05, 4.69) is 10.3 Å². The van der Waals surface area contributed by atoms with Gasteiger partial charge < -0.3 is 20.1 Å². The summed E-state index contributed by atoms with van der Waals surface area (Å²) in [4.78, 5) is 38.0. The zero-order valence-electron chi connectivity index (χ0n) is 13.4. The van der Waals surface area contributed by atoms with Crippen LogP contribution in [0, 0.1) is 11.8 Å². The predicted octanol–water partition coefficient (Wildman–Crippen LogP) is -0.108. The number of hydrogen-bond acceptors (Lipinski definition) is 5. The van der Waals surface area contributed by atoms with Gasteiger partial charge in [-0.15, -0.1) is 0 Å². The van der Waals surface area contributed by atoms with Gasteiger partial charge in [0.25, 0.3) is 6.47 Å². The van der Waals surface area contributed by atoms with Crippen molar-refractivity contribution < 1.29 is 24.2 Å². The first kappa shape index (κ1) is 17.9. The lowest BCUT2D eigenvalue weighted by Crippen LogP contribution is -2.37. The van der Waals surface area contributed by atoms with Crippen LogP contribution >= 0.6 is 0 Å². The zero-order valence-corrected chi connectivity index (χ0v) is 13.4. The average molecular weight is 335 g/mol. The summed E-state index contributed by atoms with van der Waals surface area (Å²) in [5, 5.41) is 9.80. The van der Waals surface area contributed by atoms with Gasteiger partial charge in [-0.25, -0.2) is 0 Å². The molecule has 0 aliphatic carbocycles. The largest absolute Gasteiger partial charge is 0.483 e. The van der Waals surface area contributed by atoms with Gasteiger partial charge in [0.05, 0.1) is 30.9 Å². The monoisotopic (exact) mass is 335 g/mol. The Bertz CT molecular complexity index is 580. The first-order valence-corrected chi connectivity index (χ1v) is 7.69. The third-order valence-electron chi connectivity index (χ3n) is 4.27. The zero-order chi connectivity index (χ0) is 17.5. The number of likely N-dealkylation sites (tertiary alicyclic amines) is 1. The molecule has 0 saturated carbocycles. The van der Waals surface area contributed by atoms with Crippen molar-refractivity contribution in [3.05, 3.63) is 30.1 Å². The van der Waals surface area contributed by atoms with Crippen LogP contribution in [0.25, 0.3) is 0 Å². The van der Waals surface area contributed by atoms with Crippen molar-refractivity contribution >= 4 is 18.3 Å². The fourth-order valence-corrected chi connectivity index (χ4v) is 3.05. The SMILES string of the molecule is CC(=O)N1C[C@@H]2[C@@H](C(=O)NCc3ccccn3)CO[C@@H]2C1.O=CO. The molecule has 0 radical (unpaired) electrons. The number of aromatic nitrogens is 1. The predicted molar refractivity (Wildman–Crippen MR) is 83.8 cm³/mol. The van der Waals surface area contributed by atoms with Gasteiger partial charge in [0.1, 0.15) is 0 Å². The Hall–Kier alpha value is -2.48. The second kappa shape index (κ2) is 8.39. The number of carbonyl (C=O) groups is 3. The number of nitrogens with one attached hydrogen (secondary N) is 1. The van der Waals surface area contributed by atoms with Crippen molar-refractivity contribution in [3.8, 4) is 0 Å². The van der Waals surface area contributed by atoms with Crippen LogP contribution in [0.15, 0.2) is 24.4 Å². The van der Waals surface area contributed by atoms with Crippen LogP contribution in [0.4, 0.5) is 0 Å². The smallest absolute Gasteiger partial charge is 0.290 e. The van der Waals surface area contributed by atoms with Crippen molar-refractivity contribution in [1.29, 1.82) is 0 Å². The molecule has 2 fully saturated rings. The van der Waals surface area contributed by atoms with Crippen molar-refractivity contribution in [2.75, 3.05) is 19.7 Å². The van der Waals surface area contributed by atoms with Crippen molar-refractivity contribution in [1.82, 2.24) is 15.2 Å². The molecule has 2 aliphatic rings. The molecule has 8 nitrogen and oxygen atoms in total.